The predicted octanol–water partition coefficient (Wildman–Crippen LogP) is 2.59. The Hall–Kier alpha value is -3.10. The van der Waals surface area contributed by atoms with Gasteiger partial charge in [-0.15, -0.1) is 0 Å². The first kappa shape index (κ1) is 22.6. The normalized spacial score (nSPS) is 11.1. The van der Waals surface area contributed by atoms with Crippen molar-refractivity contribution in [2.75, 3.05) is 0 Å². The highest BCUT2D eigenvalue weighted by Gasteiger charge is 2.14. The molecule has 3 aromatic rings. The summed E-state index contributed by atoms with van der Waals surface area (Å²) in [5, 5.41) is 59.1. The van der Waals surface area contributed by atoms with Crippen LogP contribution in [0.4, 0.5) is 0 Å². The molecule has 3 rings (SSSR count). The van der Waals surface area contributed by atoms with Crippen LogP contribution >= 0.6 is 0 Å². The van der Waals surface area contributed by atoms with E-state index in [0.29, 0.717) is 39.8 Å². The summed E-state index contributed by atoms with van der Waals surface area (Å²) in [5.74, 6) is -0.0909. The summed E-state index contributed by atoms with van der Waals surface area (Å²) < 4.78 is 5.67. The Balaban J connectivity index is 1.80. The second kappa shape index (κ2) is 10.3. The van der Waals surface area contributed by atoms with E-state index in [2.05, 4.69) is 0 Å². The van der Waals surface area contributed by atoms with Gasteiger partial charge in [0.1, 0.15) is 17.2 Å². The van der Waals surface area contributed by atoms with Crippen LogP contribution in [0.5, 0.6) is 17.2 Å². The number of hydrogen-bond acceptors (Lipinski definition) is 7. The zero-order valence-electron chi connectivity index (χ0n) is 17.0. The van der Waals surface area contributed by atoms with Crippen LogP contribution in [-0.4, -0.2) is 30.6 Å². The highest BCUT2D eigenvalue weighted by Crippen LogP contribution is 2.30. The average molecular weight is 426 g/mol. The Morgan fingerprint density at radius 3 is 1.61 bits per heavy atom. The topological polar surface area (TPSA) is 131 Å². The van der Waals surface area contributed by atoms with Crippen LogP contribution in [0.25, 0.3) is 0 Å². The predicted molar refractivity (Wildman–Crippen MR) is 113 cm³/mol. The SMILES string of the molecule is OCc1cccc(COCc2cc(Cc3cccc(CO)c3O)cc(CO)c2O)c1O. The fraction of sp³-hybridized carbons (Fsp3) is 0.250. The second-order valence-electron chi connectivity index (χ2n) is 7.26. The molecule has 0 fully saturated rings. The van der Waals surface area contributed by atoms with Crippen molar-refractivity contribution >= 4 is 0 Å². The first-order valence-electron chi connectivity index (χ1n) is 9.81. The molecule has 164 valence electrons. The van der Waals surface area contributed by atoms with Gasteiger partial charge in [-0.2, -0.15) is 0 Å². The summed E-state index contributed by atoms with van der Waals surface area (Å²) in [6.45, 7) is -0.836. The molecule has 0 unspecified atom stereocenters. The van der Waals surface area contributed by atoms with Crippen LogP contribution in [0.15, 0.2) is 48.5 Å². The molecular weight excluding hydrogens is 400 g/mol. The van der Waals surface area contributed by atoms with Gasteiger partial charge in [0.25, 0.3) is 0 Å². The number of aromatic hydroxyl groups is 3. The lowest BCUT2D eigenvalue weighted by atomic mass is 9.97. The molecule has 0 saturated heterocycles. The van der Waals surface area contributed by atoms with Gasteiger partial charge in [0.2, 0.25) is 0 Å². The maximum Gasteiger partial charge on any atom is 0.126 e. The van der Waals surface area contributed by atoms with E-state index in [1.54, 1.807) is 48.5 Å². The number of phenols is 3. The monoisotopic (exact) mass is 426 g/mol. The van der Waals surface area contributed by atoms with E-state index in [-0.39, 0.29) is 50.3 Å². The molecule has 0 aromatic heterocycles. The van der Waals surface area contributed by atoms with Crippen molar-refractivity contribution < 1.29 is 35.4 Å². The summed E-state index contributed by atoms with van der Waals surface area (Å²) in [6, 6.07) is 13.5. The minimum atomic E-state index is -0.366. The number of benzene rings is 3. The highest BCUT2D eigenvalue weighted by molar-refractivity contribution is 5.47. The number of rotatable bonds is 9. The Morgan fingerprint density at radius 1 is 0.548 bits per heavy atom. The molecule has 0 atom stereocenters. The van der Waals surface area contributed by atoms with Gasteiger partial charge in [-0.25, -0.2) is 0 Å². The Morgan fingerprint density at radius 2 is 1.00 bits per heavy atom. The molecule has 0 aliphatic carbocycles. The van der Waals surface area contributed by atoms with Gasteiger partial charge in [-0.3, -0.25) is 0 Å². The quantitative estimate of drug-likeness (QED) is 0.310. The van der Waals surface area contributed by atoms with Crippen LogP contribution in [0.3, 0.4) is 0 Å². The number of hydrogen-bond donors (Lipinski definition) is 6. The molecule has 7 nitrogen and oxygen atoms in total. The molecule has 0 saturated carbocycles. The Bertz CT molecular complexity index is 1050. The van der Waals surface area contributed by atoms with Crippen molar-refractivity contribution in [3.05, 3.63) is 87.5 Å². The van der Waals surface area contributed by atoms with Gasteiger partial charge in [-0.05, 0) is 23.3 Å². The fourth-order valence-corrected chi connectivity index (χ4v) is 3.46. The van der Waals surface area contributed by atoms with Gasteiger partial charge < -0.3 is 35.4 Å². The van der Waals surface area contributed by atoms with Crippen LogP contribution in [0, 0.1) is 0 Å². The minimum Gasteiger partial charge on any atom is -0.507 e. The lowest BCUT2D eigenvalue weighted by Crippen LogP contribution is -2.01. The highest BCUT2D eigenvalue weighted by atomic mass is 16.5. The van der Waals surface area contributed by atoms with E-state index in [9.17, 15) is 30.6 Å². The summed E-state index contributed by atoms with van der Waals surface area (Å²) >= 11 is 0. The fourth-order valence-electron chi connectivity index (χ4n) is 3.46. The first-order valence-corrected chi connectivity index (χ1v) is 9.81. The molecule has 7 heteroatoms. The summed E-state index contributed by atoms with van der Waals surface area (Å²) in [6.07, 6.45) is 0.333. The third-order valence-electron chi connectivity index (χ3n) is 5.15. The zero-order chi connectivity index (χ0) is 22.4. The lowest BCUT2D eigenvalue weighted by Gasteiger charge is -2.14. The van der Waals surface area contributed by atoms with Gasteiger partial charge in [0.05, 0.1) is 33.0 Å². The van der Waals surface area contributed by atoms with Crippen molar-refractivity contribution in [2.24, 2.45) is 0 Å². The first-order chi connectivity index (χ1) is 15.0. The minimum absolute atomic E-state index is 0.0145. The van der Waals surface area contributed by atoms with E-state index in [1.165, 1.54) is 0 Å². The largest absolute Gasteiger partial charge is 0.507 e. The number of aliphatic hydroxyl groups is 3. The molecule has 0 bridgehead atoms. The summed E-state index contributed by atoms with van der Waals surface area (Å²) in [4.78, 5) is 0. The van der Waals surface area contributed by atoms with Gasteiger partial charge in [0.15, 0.2) is 0 Å². The molecule has 0 heterocycles. The molecule has 0 amide bonds. The van der Waals surface area contributed by atoms with Gasteiger partial charge in [-0.1, -0.05) is 36.4 Å². The van der Waals surface area contributed by atoms with Gasteiger partial charge >= 0.3 is 0 Å². The maximum atomic E-state index is 10.4. The van der Waals surface area contributed by atoms with E-state index in [0.717, 1.165) is 5.56 Å². The van der Waals surface area contributed by atoms with E-state index >= 15 is 0 Å². The van der Waals surface area contributed by atoms with Crippen molar-refractivity contribution in [2.45, 2.75) is 39.5 Å². The van der Waals surface area contributed by atoms with Crippen LogP contribution in [0.1, 0.15) is 38.9 Å². The van der Waals surface area contributed by atoms with E-state index in [1.807, 2.05) is 0 Å². The molecular formula is C24H26O7. The molecule has 6 N–H and O–H groups in total. The summed E-state index contributed by atoms with van der Waals surface area (Å²) in [7, 11) is 0. The number of ether oxygens (including phenoxy) is 1. The zero-order valence-corrected chi connectivity index (χ0v) is 17.0. The third-order valence-corrected chi connectivity index (χ3v) is 5.15. The summed E-state index contributed by atoms with van der Waals surface area (Å²) in [5.41, 5.74) is 3.48. The molecule has 0 aliphatic heterocycles. The van der Waals surface area contributed by atoms with E-state index in [4.69, 9.17) is 4.74 Å². The standard InChI is InChI=1S/C24H26O7/c25-10-17-4-1-3-16(22(17)28)7-15-8-20(12-27)24(30)21(9-15)14-31-13-19-6-2-5-18(11-26)23(19)29/h1-6,8-9,25-30H,7,10-14H2. The molecule has 3 aromatic carbocycles. The van der Waals surface area contributed by atoms with Crippen LogP contribution in [-0.2, 0) is 44.2 Å². The molecule has 0 spiro atoms. The molecule has 0 aliphatic rings. The molecule has 0 radical (unpaired) electrons. The lowest BCUT2D eigenvalue weighted by molar-refractivity contribution is 0.103. The van der Waals surface area contributed by atoms with Crippen molar-refractivity contribution in [3.63, 3.8) is 0 Å². The Labute approximate surface area is 180 Å². The van der Waals surface area contributed by atoms with Crippen LogP contribution in [0.2, 0.25) is 0 Å². The average Bonchev–Trinajstić information content (AvgIpc) is 2.78. The number of aliphatic hydroxyl groups excluding tert-OH is 3. The van der Waals surface area contributed by atoms with Crippen molar-refractivity contribution in [3.8, 4) is 17.2 Å². The smallest absolute Gasteiger partial charge is 0.126 e. The second-order valence-corrected chi connectivity index (χ2v) is 7.26. The number of para-hydroxylation sites is 2. The Kier molecular flexibility index (Phi) is 7.49. The van der Waals surface area contributed by atoms with Crippen molar-refractivity contribution in [1.29, 1.82) is 0 Å². The van der Waals surface area contributed by atoms with E-state index < -0.39 is 0 Å². The van der Waals surface area contributed by atoms with Crippen LogP contribution < -0.4 is 0 Å². The molecule has 31 heavy (non-hydrogen) atoms. The van der Waals surface area contributed by atoms with Crippen molar-refractivity contribution in [1.82, 2.24) is 0 Å². The van der Waals surface area contributed by atoms with Gasteiger partial charge in [0, 0.05) is 34.2 Å². The third kappa shape index (κ3) is 5.15. The maximum absolute atomic E-state index is 10.4.